The summed E-state index contributed by atoms with van der Waals surface area (Å²) >= 11 is 0. The Bertz CT molecular complexity index is 2090. The van der Waals surface area contributed by atoms with Crippen LogP contribution in [-0.2, 0) is 0 Å². The molecule has 1 unspecified atom stereocenters. The van der Waals surface area contributed by atoms with Crippen molar-refractivity contribution in [1.29, 1.82) is 0 Å². The van der Waals surface area contributed by atoms with Crippen molar-refractivity contribution >= 4 is 23.1 Å². The Morgan fingerprint density at radius 2 is 1.46 bits per heavy atom. The lowest BCUT2D eigenvalue weighted by molar-refractivity contribution is 0.670. The molecule has 0 fully saturated rings. The molecular weight excluding hydrogens is 609 g/mol. The maximum Gasteiger partial charge on any atom is 0.160 e. The molecule has 0 radical (unpaired) electrons. The first kappa shape index (κ1) is 35.4. The van der Waals surface area contributed by atoms with Gasteiger partial charge in [-0.25, -0.2) is 9.97 Å². The van der Waals surface area contributed by atoms with E-state index in [2.05, 4.69) is 138 Å². The minimum absolute atomic E-state index is 0.322. The zero-order valence-corrected chi connectivity index (χ0v) is 30.0. The van der Waals surface area contributed by atoms with E-state index in [4.69, 9.17) is 15.0 Å². The molecule has 0 saturated heterocycles. The summed E-state index contributed by atoms with van der Waals surface area (Å²) in [5.74, 6) is 0.665. The molecule has 1 aromatic heterocycles. The van der Waals surface area contributed by atoms with Crippen molar-refractivity contribution < 1.29 is 0 Å². The fourth-order valence-electron chi connectivity index (χ4n) is 5.82. The number of aliphatic imine (C=N–C) groups is 1. The number of hydrogen-bond donors (Lipinski definition) is 1. The van der Waals surface area contributed by atoms with Gasteiger partial charge in [0.1, 0.15) is 6.17 Å². The third-order valence-corrected chi connectivity index (χ3v) is 8.67. The van der Waals surface area contributed by atoms with Gasteiger partial charge in [-0.05, 0) is 81.0 Å². The van der Waals surface area contributed by atoms with E-state index >= 15 is 0 Å². The fraction of sp³-hybridized carbons (Fsp3) is 0.152. The van der Waals surface area contributed by atoms with Crippen molar-refractivity contribution in [2.75, 3.05) is 0 Å². The van der Waals surface area contributed by atoms with Crippen molar-refractivity contribution in [2.45, 2.75) is 47.7 Å². The first-order valence-electron chi connectivity index (χ1n) is 17.0. The Kier molecular flexibility index (Phi) is 11.7. The number of rotatable bonds is 12. The molecule has 1 N–H and O–H groups in total. The second-order valence-corrected chi connectivity index (χ2v) is 12.5. The van der Waals surface area contributed by atoms with E-state index in [1.165, 1.54) is 16.7 Å². The van der Waals surface area contributed by atoms with E-state index in [1.54, 1.807) is 6.08 Å². The van der Waals surface area contributed by atoms with Crippen LogP contribution >= 0.6 is 0 Å². The lowest BCUT2D eigenvalue weighted by Crippen LogP contribution is -2.19. The highest BCUT2D eigenvalue weighted by Gasteiger charge is 2.18. The van der Waals surface area contributed by atoms with E-state index in [-0.39, 0.29) is 6.17 Å². The van der Waals surface area contributed by atoms with Crippen LogP contribution in [0.4, 0.5) is 0 Å². The lowest BCUT2D eigenvalue weighted by Gasteiger charge is -2.20. The molecule has 0 bridgehead atoms. The van der Waals surface area contributed by atoms with Gasteiger partial charge >= 0.3 is 0 Å². The highest BCUT2D eigenvalue weighted by molar-refractivity contribution is 5.99. The van der Waals surface area contributed by atoms with Crippen LogP contribution in [0.5, 0.6) is 0 Å². The average Bonchev–Trinajstić information content (AvgIpc) is 3.13. The van der Waals surface area contributed by atoms with Crippen LogP contribution < -0.4 is 5.32 Å². The summed E-state index contributed by atoms with van der Waals surface area (Å²) in [6.45, 7) is 20.8. The molecule has 0 aliphatic heterocycles. The molecule has 1 atom stereocenters. The molecule has 0 saturated carbocycles. The van der Waals surface area contributed by atoms with E-state index in [0.29, 0.717) is 5.82 Å². The van der Waals surface area contributed by atoms with Gasteiger partial charge in [-0.1, -0.05) is 146 Å². The normalized spacial score (nSPS) is 12.2. The second kappa shape index (κ2) is 16.5. The van der Waals surface area contributed by atoms with Crippen molar-refractivity contribution in [3.8, 4) is 22.6 Å². The quantitative estimate of drug-likeness (QED) is 0.108. The second-order valence-electron chi connectivity index (χ2n) is 12.5. The van der Waals surface area contributed by atoms with Crippen LogP contribution in [0.1, 0.15) is 72.9 Å². The van der Waals surface area contributed by atoms with Crippen molar-refractivity contribution in [3.05, 3.63) is 185 Å². The zero-order valence-electron chi connectivity index (χ0n) is 30.0. The van der Waals surface area contributed by atoms with Crippen molar-refractivity contribution in [3.63, 3.8) is 0 Å². The predicted molar refractivity (Wildman–Crippen MR) is 215 cm³/mol. The van der Waals surface area contributed by atoms with Crippen LogP contribution in [0.3, 0.4) is 0 Å². The number of benzene rings is 4. The van der Waals surface area contributed by atoms with Crippen LogP contribution in [0.25, 0.3) is 40.0 Å². The zero-order chi connectivity index (χ0) is 35.6. The molecule has 0 spiro atoms. The Morgan fingerprint density at radius 3 is 2.10 bits per heavy atom. The molecule has 4 nitrogen and oxygen atoms in total. The topological polar surface area (TPSA) is 50.2 Å². The van der Waals surface area contributed by atoms with E-state index in [0.717, 1.165) is 61.8 Å². The van der Waals surface area contributed by atoms with Crippen LogP contribution in [0, 0.1) is 13.8 Å². The molecule has 1 heterocycles. The number of nitrogens with zero attached hydrogens (tertiary/aromatic N) is 3. The molecule has 0 aliphatic carbocycles. The fourth-order valence-corrected chi connectivity index (χ4v) is 5.82. The van der Waals surface area contributed by atoms with Gasteiger partial charge in [-0.2, -0.15) is 0 Å². The monoisotopic (exact) mass is 654 g/mol. The lowest BCUT2D eigenvalue weighted by atomic mass is 9.97. The van der Waals surface area contributed by atoms with Crippen LogP contribution in [0.2, 0.25) is 0 Å². The Morgan fingerprint density at radius 1 is 0.800 bits per heavy atom. The molecule has 250 valence electrons. The minimum Gasteiger partial charge on any atom is -0.360 e. The highest BCUT2D eigenvalue weighted by atomic mass is 15.1. The Balaban J connectivity index is 1.49. The maximum absolute atomic E-state index is 5.17. The molecule has 50 heavy (non-hydrogen) atoms. The first-order chi connectivity index (χ1) is 24.2. The summed E-state index contributed by atoms with van der Waals surface area (Å²) in [5.41, 5.74) is 14.3. The molecule has 0 aliphatic rings. The summed E-state index contributed by atoms with van der Waals surface area (Å²) in [4.78, 5) is 15.4. The van der Waals surface area contributed by atoms with Gasteiger partial charge in [0.15, 0.2) is 5.82 Å². The smallest absolute Gasteiger partial charge is 0.160 e. The van der Waals surface area contributed by atoms with Gasteiger partial charge in [-0.3, -0.25) is 4.99 Å². The summed E-state index contributed by atoms with van der Waals surface area (Å²) in [5, 5.41) is 3.61. The predicted octanol–water partition coefficient (Wildman–Crippen LogP) is 11.8. The van der Waals surface area contributed by atoms with Crippen molar-refractivity contribution in [1.82, 2.24) is 15.3 Å². The van der Waals surface area contributed by atoms with Gasteiger partial charge in [-0.15, -0.1) is 0 Å². The number of hydrogen-bond acceptors (Lipinski definition) is 4. The van der Waals surface area contributed by atoms with E-state index in [1.807, 2.05) is 49.4 Å². The van der Waals surface area contributed by atoms with Crippen LogP contribution in [0.15, 0.2) is 151 Å². The summed E-state index contributed by atoms with van der Waals surface area (Å²) in [7, 11) is 0. The van der Waals surface area contributed by atoms with Gasteiger partial charge in [0.25, 0.3) is 0 Å². The number of aromatic nitrogens is 2. The molecule has 5 aromatic rings. The number of aryl methyl sites for hydroxylation is 1. The highest BCUT2D eigenvalue weighted by Crippen LogP contribution is 2.32. The minimum atomic E-state index is -0.322. The molecule has 0 amide bonds. The van der Waals surface area contributed by atoms with Crippen molar-refractivity contribution in [2.24, 2.45) is 4.99 Å². The summed E-state index contributed by atoms with van der Waals surface area (Å²) in [6.07, 6.45) is 9.69. The maximum atomic E-state index is 5.17. The van der Waals surface area contributed by atoms with Gasteiger partial charge in [0.2, 0.25) is 0 Å². The van der Waals surface area contributed by atoms with E-state index < -0.39 is 0 Å². The Hall–Kier alpha value is -5.87. The van der Waals surface area contributed by atoms with Gasteiger partial charge < -0.3 is 5.32 Å². The molecule has 5 rings (SSSR count). The number of allylic oxidation sites excluding steroid dienone is 6. The van der Waals surface area contributed by atoms with E-state index in [9.17, 15) is 0 Å². The molecule has 4 aromatic carbocycles. The Labute approximate surface area is 298 Å². The average molecular weight is 655 g/mol. The van der Waals surface area contributed by atoms with Gasteiger partial charge in [0.05, 0.1) is 11.4 Å². The third-order valence-electron chi connectivity index (χ3n) is 8.67. The van der Waals surface area contributed by atoms with Gasteiger partial charge in [0, 0.05) is 28.1 Å². The molecule has 4 heteroatoms. The largest absolute Gasteiger partial charge is 0.360 e. The number of nitrogens with one attached hydrogen (secondary N) is 1. The summed E-state index contributed by atoms with van der Waals surface area (Å²) < 4.78 is 0. The first-order valence-corrected chi connectivity index (χ1v) is 17.0. The van der Waals surface area contributed by atoms with Crippen LogP contribution in [-0.4, -0.2) is 15.7 Å². The SMILES string of the molecule is C=C/C=C\C(=C(C)C)c1nc(-c2ccc(C(=C)NC(/N=C(\C)c3ccc(C)c(/C=C\C)c3)c3ccccc3)cc2)nc(-c2ccccc2)c1C. The standard InChI is InChI=1S/C46H46N4/c1-9-11-23-42(31(3)4)44-33(6)43(37-19-14-12-15-20-37)49-46(50-44)39-28-26-36(27-29-39)34(7)47-45(38-21-16-13-17-22-38)48-35(8)41-25-24-32(5)40(30-41)18-10-2/h9-30,45,47H,1,7H2,2-6,8H3/b18-10-,23-11-,48-35+. The third kappa shape index (κ3) is 8.40. The summed E-state index contributed by atoms with van der Waals surface area (Å²) in [6, 6.07) is 35.3. The molecular formula is C46H46N4.